The fourth-order valence-corrected chi connectivity index (χ4v) is 3.84. The highest BCUT2D eigenvalue weighted by atomic mass is 32.2. The number of anilines is 1. The van der Waals surface area contributed by atoms with E-state index in [-0.39, 0.29) is 4.90 Å². The number of nitrogens with zero attached hydrogens (tertiary/aromatic N) is 2. The number of ether oxygens (including phenoxy) is 1. The first-order valence-electron chi connectivity index (χ1n) is 7.21. The maximum absolute atomic E-state index is 14.0. The fraction of sp³-hybridized carbons (Fsp3) is 0.0667. The summed E-state index contributed by atoms with van der Waals surface area (Å²) in [6, 6.07) is 3.77. The van der Waals surface area contributed by atoms with E-state index in [1.165, 1.54) is 12.3 Å². The van der Waals surface area contributed by atoms with E-state index in [1.54, 1.807) is 0 Å². The van der Waals surface area contributed by atoms with Crippen molar-refractivity contribution in [2.75, 3.05) is 4.72 Å². The zero-order valence-corrected chi connectivity index (χ0v) is 15.0. The maximum atomic E-state index is 14.0. The molecule has 3 aromatic rings. The first kappa shape index (κ1) is 19.6. The number of hydrogen-bond acceptors (Lipinski definition) is 6. The molecule has 2 heterocycles. The van der Waals surface area contributed by atoms with Gasteiger partial charge in [0.1, 0.15) is 20.8 Å². The number of aromatic amines is 1. The Bertz CT molecular complexity index is 1170. The Morgan fingerprint density at radius 1 is 1.25 bits per heavy atom. The molecule has 1 aromatic carbocycles. The molecule has 0 aliphatic heterocycles. The van der Waals surface area contributed by atoms with Gasteiger partial charge in [0.25, 0.3) is 10.0 Å². The molecule has 0 saturated heterocycles. The Balaban J connectivity index is 1.86. The van der Waals surface area contributed by atoms with Crippen LogP contribution in [-0.2, 0) is 10.0 Å². The number of rotatable bonds is 6. The van der Waals surface area contributed by atoms with Crippen LogP contribution >= 0.6 is 11.3 Å². The standard InChI is InChI=1S/C15H8F4N4O3S2/c16-9-3-13(26-15(18)19)10(17)2-11(9)23-28(24,25)8-1-12(21-6-8)14-22-5-7(4-20)27-14/h1-3,5-6,15,21,23H. The quantitative estimate of drug-likeness (QED) is 0.578. The minimum atomic E-state index is -4.34. The topological polar surface area (TPSA) is 108 Å². The number of hydrogen-bond donors (Lipinski definition) is 2. The summed E-state index contributed by atoms with van der Waals surface area (Å²) in [5.41, 5.74) is -0.498. The van der Waals surface area contributed by atoms with Gasteiger partial charge in [0.15, 0.2) is 17.4 Å². The predicted octanol–water partition coefficient (Wildman–Crippen LogP) is 3.69. The minimum Gasteiger partial charge on any atom is -0.432 e. The first-order valence-corrected chi connectivity index (χ1v) is 9.51. The van der Waals surface area contributed by atoms with Gasteiger partial charge >= 0.3 is 6.61 Å². The summed E-state index contributed by atoms with van der Waals surface area (Å²) >= 11 is 1.02. The third-order valence-corrected chi connectivity index (χ3v) is 5.58. The average molecular weight is 432 g/mol. The van der Waals surface area contributed by atoms with Gasteiger partial charge in [0, 0.05) is 18.3 Å². The number of alkyl halides is 2. The van der Waals surface area contributed by atoms with Crippen molar-refractivity contribution < 1.29 is 30.7 Å². The van der Waals surface area contributed by atoms with Crippen LogP contribution in [0, 0.1) is 23.0 Å². The second-order valence-corrected chi connectivity index (χ2v) is 7.85. The van der Waals surface area contributed by atoms with Crippen molar-refractivity contribution in [2.45, 2.75) is 11.5 Å². The summed E-state index contributed by atoms with van der Waals surface area (Å²) in [5.74, 6) is -3.74. The lowest BCUT2D eigenvalue weighted by atomic mass is 10.3. The van der Waals surface area contributed by atoms with Crippen molar-refractivity contribution in [2.24, 2.45) is 0 Å². The summed E-state index contributed by atoms with van der Waals surface area (Å²) in [7, 11) is -4.34. The Kier molecular flexibility index (Phi) is 5.25. The van der Waals surface area contributed by atoms with Crippen LogP contribution in [0.2, 0.25) is 0 Å². The molecule has 0 aliphatic carbocycles. The summed E-state index contributed by atoms with van der Waals surface area (Å²) in [6.07, 6.45) is 2.40. The lowest BCUT2D eigenvalue weighted by Gasteiger charge is -2.11. The Morgan fingerprint density at radius 2 is 2.00 bits per heavy atom. The molecule has 0 radical (unpaired) electrons. The average Bonchev–Trinajstić information content (AvgIpc) is 3.27. The molecular formula is C15H8F4N4O3S2. The lowest BCUT2D eigenvalue weighted by molar-refractivity contribution is -0.0523. The molecule has 0 saturated carbocycles. The number of thiazole rings is 1. The monoisotopic (exact) mass is 432 g/mol. The molecule has 13 heteroatoms. The van der Waals surface area contributed by atoms with Crippen LogP contribution in [0.5, 0.6) is 5.75 Å². The van der Waals surface area contributed by atoms with Crippen LogP contribution in [0.1, 0.15) is 4.88 Å². The van der Waals surface area contributed by atoms with E-state index in [4.69, 9.17) is 5.26 Å². The normalized spacial score (nSPS) is 11.4. The van der Waals surface area contributed by atoms with Gasteiger partial charge in [-0.3, -0.25) is 4.72 Å². The number of benzene rings is 1. The van der Waals surface area contributed by atoms with E-state index in [0.29, 0.717) is 27.7 Å². The van der Waals surface area contributed by atoms with Gasteiger partial charge in [-0.1, -0.05) is 0 Å². The van der Waals surface area contributed by atoms with Crippen molar-refractivity contribution >= 4 is 27.0 Å². The van der Waals surface area contributed by atoms with Crippen LogP contribution in [0.4, 0.5) is 23.2 Å². The summed E-state index contributed by atoms with van der Waals surface area (Å²) in [6.45, 7) is -3.37. The molecule has 0 fully saturated rings. The van der Waals surface area contributed by atoms with Crippen LogP contribution in [0.15, 0.2) is 35.5 Å². The molecule has 3 rings (SSSR count). The van der Waals surface area contributed by atoms with E-state index >= 15 is 0 Å². The SMILES string of the molecule is N#Cc1cnc(-c2cc(S(=O)(=O)Nc3cc(F)c(OC(F)F)cc3F)c[nH]2)s1. The van der Waals surface area contributed by atoms with E-state index in [9.17, 15) is 26.0 Å². The molecule has 2 N–H and O–H groups in total. The number of aromatic nitrogens is 2. The van der Waals surface area contributed by atoms with Gasteiger partial charge in [-0.05, 0) is 6.07 Å². The minimum absolute atomic E-state index is 0.291. The van der Waals surface area contributed by atoms with Crippen molar-refractivity contribution in [3.63, 3.8) is 0 Å². The maximum Gasteiger partial charge on any atom is 0.387 e. The third-order valence-electron chi connectivity index (χ3n) is 3.30. The van der Waals surface area contributed by atoms with Gasteiger partial charge in [0.05, 0.1) is 17.6 Å². The molecule has 0 bridgehead atoms. The highest BCUT2D eigenvalue weighted by Gasteiger charge is 2.22. The fourth-order valence-electron chi connectivity index (χ4n) is 2.10. The van der Waals surface area contributed by atoms with Gasteiger partial charge in [-0.15, -0.1) is 11.3 Å². The number of nitrogens with one attached hydrogen (secondary N) is 2. The highest BCUT2D eigenvalue weighted by Crippen LogP contribution is 2.29. The zero-order valence-electron chi connectivity index (χ0n) is 13.4. The van der Waals surface area contributed by atoms with Crippen LogP contribution in [0.3, 0.4) is 0 Å². The van der Waals surface area contributed by atoms with Crippen molar-refractivity contribution in [3.8, 4) is 22.5 Å². The zero-order chi connectivity index (χ0) is 20.5. The summed E-state index contributed by atoms with van der Waals surface area (Å²) in [4.78, 5) is 6.62. The molecule has 28 heavy (non-hydrogen) atoms. The Morgan fingerprint density at radius 3 is 2.64 bits per heavy atom. The number of halogens is 4. The highest BCUT2D eigenvalue weighted by molar-refractivity contribution is 7.92. The number of H-pyrrole nitrogens is 1. The molecule has 0 aliphatic rings. The number of nitriles is 1. The molecule has 0 amide bonds. The van der Waals surface area contributed by atoms with Crippen LogP contribution in [-0.4, -0.2) is 25.0 Å². The summed E-state index contributed by atoms with van der Waals surface area (Å²) < 4.78 is 82.4. The largest absolute Gasteiger partial charge is 0.432 e. The summed E-state index contributed by atoms with van der Waals surface area (Å²) in [5, 5.41) is 9.15. The van der Waals surface area contributed by atoms with Crippen LogP contribution in [0.25, 0.3) is 10.7 Å². The smallest absolute Gasteiger partial charge is 0.387 e. The molecule has 2 aromatic heterocycles. The second kappa shape index (κ2) is 7.49. The lowest BCUT2D eigenvalue weighted by Crippen LogP contribution is -2.14. The predicted molar refractivity (Wildman–Crippen MR) is 90.4 cm³/mol. The van der Waals surface area contributed by atoms with Gasteiger partial charge in [-0.2, -0.15) is 14.0 Å². The van der Waals surface area contributed by atoms with Crippen molar-refractivity contribution in [3.05, 3.63) is 47.1 Å². The van der Waals surface area contributed by atoms with Crippen LogP contribution < -0.4 is 9.46 Å². The Labute approximate surface area is 159 Å². The third kappa shape index (κ3) is 4.07. The van der Waals surface area contributed by atoms with Gasteiger partial charge in [-0.25, -0.2) is 22.2 Å². The van der Waals surface area contributed by atoms with Gasteiger partial charge < -0.3 is 9.72 Å². The molecule has 146 valence electrons. The molecule has 7 nitrogen and oxygen atoms in total. The van der Waals surface area contributed by atoms with E-state index in [1.807, 2.05) is 10.8 Å². The first-order chi connectivity index (χ1) is 13.2. The second-order valence-electron chi connectivity index (χ2n) is 5.14. The van der Waals surface area contributed by atoms with Crippen molar-refractivity contribution in [1.29, 1.82) is 5.26 Å². The molecular weight excluding hydrogens is 424 g/mol. The van der Waals surface area contributed by atoms with E-state index < -0.39 is 39.7 Å². The molecule has 0 unspecified atom stereocenters. The van der Waals surface area contributed by atoms with E-state index in [2.05, 4.69) is 14.7 Å². The molecule has 0 atom stereocenters. The van der Waals surface area contributed by atoms with Crippen molar-refractivity contribution in [1.82, 2.24) is 9.97 Å². The van der Waals surface area contributed by atoms with Gasteiger partial charge in [0.2, 0.25) is 0 Å². The Hall–Kier alpha value is -3.11. The number of sulfonamides is 1. The van der Waals surface area contributed by atoms with E-state index in [0.717, 1.165) is 17.5 Å². The molecule has 0 spiro atoms.